The molecule has 1 unspecified atom stereocenters. The largest absolute Gasteiger partial charge is 0.486 e. The highest BCUT2D eigenvalue weighted by atomic mass is 16.5. The lowest BCUT2D eigenvalue weighted by Crippen LogP contribution is -2.31. The van der Waals surface area contributed by atoms with Crippen molar-refractivity contribution in [3.8, 4) is 5.75 Å². The maximum atomic E-state index is 10.8. The SMILES string of the molecule is CC.CC1=C(/C=C/C(=O)O)C(C)(C)CCC1Oc1ccccc1. The lowest BCUT2D eigenvalue weighted by molar-refractivity contribution is -0.131. The molecule has 0 heterocycles. The Bertz CT molecular complexity index is 568. The Morgan fingerprint density at radius 1 is 1.26 bits per heavy atom. The molecule has 1 aliphatic carbocycles. The monoisotopic (exact) mass is 316 g/mol. The molecule has 126 valence electrons. The minimum absolute atomic E-state index is 0.00821. The van der Waals surface area contributed by atoms with Crippen LogP contribution in [0.15, 0.2) is 53.6 Å². The lowest BCUT2D eigenvalue weighted by atomic mass is 9.71. The van der Waals surface area contributed by atoms with Gasteiger partial charge in [-0.05, 0) is 48.5 Å². The fourth-order valence-electron chi connectivity index (χ4n) is 2.87. The van der Waals surface area contributed by atoms with Gasteiger partial charge in [0.05, 0.1) is 0 Å². The van der Waals surface area contributed by atoms with Gasteiger partial charge >= 0.3 is 5.97 Å². The number of rotatable bonds is 4. The van der Waals surface area contributed by atoms with Crippen LogP contribution in [0.5, 0.6) is 5.75 Å². The van der Waals surface area contributed by atoms with E-state index in [4.69, 9.17) is 9.84 Å². The van der Waals surface area contributed by atoms with Crippen molar-refractivity contribution in [2.75, 3.05) is 0 Å². The normalized spacial score (nSPS) is 20.0. The van der Waals surface area contributed by atoms with Gasteiger partial charge in [-0.25, -0.2) is 4.79 Å². The molecule has 0 aromatic heterocycles. The standard InChI is InChI=1S/C18H22O3.C2H6/c1-13-15(9-10-17(19)20)18(2,3)12-11-16(13)21-14-7-5-4-6-8-14;1-2/h4-10,16H,11-12H2,1-3H3,(H,19,20);1-2H3/b10-9+;. The number of carboxylic acids is 1. The fraction of sp³-hybridized carbons (Fsp3) is 0.450. The summed E-state index contributed by atoms with van der Waals surface area (Å²) in [5, 5.41) is 8.86. The van der Waals surface area contributed by atoms with Crippen molar-refractivity contribution < 1.29 is 14.6 Å². The van der Waals surface area contributed by atoms with Gasteiger partial charge in [0, 0.05) is 6.08 Å². The van der Waals surface area contributed by atoms with Crippen molar-refractivity contribution in [3.05, 3.63) is 53.6 Å². The van der Waals surface area contributed by atoms with Gasteiger partial charge < -0.3 is 9.84 Å². The Balaban J connectivity index is 0.00000127. The predicted octanol–water partition coefficient (Wildman–Crippen LogP) is 5.24. The maximum Gasteiger partial charge on any atom is 0.328 e. The van der Waals surface area contributed by atoms with E-state index in [1.807, 2.05) is 51.1 Å². The van der Waals surface area contributed by atoms with E-state index in [-0.39, 0.29) is 11.5 Å². The van der Waals surface area contributed by atoms with Gasteiger partial charge in [-0.15, -0.1) is 0 Å². The molecule has 0 bridgehead atoms. The summed E-state index contributed by atoms with van der Waals surface area (Å²) in [6, 6.07) is 9.75. The van der Waals surface area contributed by atoms with Crippen LogP contribution in [0, 0.1) is 5.41 Å². The maximum absolute atomic E-state index is 10.8. The molecule has 0 fully saturated rings. The topological polar surface area (TPSA) is 46.5 Å². The summed E-state index contributed by atoms with van der Waals surface area (Å²) in [5.41, 5.74) is 2.16. The predicted molar refractivity (Wildman–Crippen MR) is 94.7 cm³/mol. The number of carboxylic acid groups (broad SMARTS) is 1. The van der Waals surface area contributed by atoms with Crippen molar-refractivity contribution in [2.24, 2.45) is 5.41 Å². The van der Waals surface area contributed by atoms with Crippen LogP contribution < -0.4 is 4.74 Å². The summed E-state index contributed by atoms with van der Waals surface area (Å²) in [7, 11) is 0. The number of hydrogen-bond donors (Lipinski definition) is 1. The van der Waals surface area contributed by atoms with Gasteiger partial charge in [0.15, 0.2) is 0 Å². The second kappa shape index (κ2) is 8.56. The van der Waals surface area contributed by atoms with Crippen molar-refractivity contribution in [3.63, 3.8) is 0 Å². The average Bonchev–Trinajstić information content (AvgIpc) is 2.52. The first-order valence-corrected chi connectivity index (χ1v) is 8.24. The lowest BCUT2D eigenvalue weighted by Gasteiger charge is -2.37. The van der Waals surface area contributed by atoms with E-state index >= 15 is 0 Å². The first kappa shape index (κ1) is 19.0. The second-order valence-corrected chi connectivity index (χ2v) is 6.11. The van der Waals surface area contributed by atoms with Crippen molar-refractivity contribution >= 4 is 5.97 Å². The third kappa shape index (κ3) is 5.27. The summed E-state index contributed by atoms with van der Waals surface area (Å²) in [6.07, 6.45) is 4.86. The van der Waals surface area contributed by atoms with Gasteiger partial charge in [0.25, 0.3) is 0 Å². The van der Waals surface area contributed by atoms with E-state index in [0.717, 1.165) is 29.7 Å². The Hall–Kier alpha value is -2.03. The van der Waals surface area contributed by atoms with E-state index in [2.05, 4.69) is 13.8 Å². The molecule has 0 saturated heterocycles. The summed E-state index contributed by atoms with van der Waals surface area (Å²) >= 11 is 0. The van der Waals surface area contributed by atoms with Gasteiger partial charge in [-0.1, -0.05) is 52.0 Å². The molecule has 0 amide bonds. The molecule has 1 aliphatic rings. The molecule has 0 saturated carbocycles. The van der Waals surface area contributed by atoms with Crippen LogP contribution in [-0.2, 0) is 4.79 Å². The third-order valence-electron chi connectivity index (χ3n) is 4.08. The first-order valence-electron chi connectivity index (χ1n) is 8.24. The minimum Gasteiger partial charge on any atom is -0.486 e. The molecule has 1 atom stereocenters. The number of aliphatic carboxylic acids is 1. The number of hydrogen-bond acceptors (Lipinski definition) is 2. The van der Waals surface area contributed by atoms with Crippen molar-refractivity contribution in [1.29, 1.82) is 0 Å². The van der Waals surface area contributed by atoms with Crippen molar-refractivity contribution in [2.45, 2.75) is 53.6 Å². The smallest absolute Gasteiger partial charge is 0.328 e. The minimum atomic E-state index is -0.919. The zero-order chi connectivity index (χ0) is 17.5. The Labute approximate surface area is 139 Å². The molecule has 0 spiro atoms. The van der Waals surface area contributed by atoms with Gasteiger partial charge in [-0.3, -0.25) is 0 Å². The van der Waals surface area contributed by atoms with Crippen LogP contribution in [-0.4, -0.2) is 17.2 Å². The molecule has 0 radical (unpaired) electrons. The highest BCUT2D eigenvalue weighted by molar-refractivity contribution is 5.80. The molecular formula is C20H28O3. The van der Waals surface area contributed by atoms with Crippen LogP contribution >= 0.6 is 0 Å². The number of benzene rings is 1. The van der Waals surface area contributed by atoms with E-state index in [1.54, 1.807) is 6.08 Å². The number of para-hydroxylation sites is 1. The fourth-order valence-corrected chi connectivity index (χ4v) is 2.87. The summed E-state index contributed by atoms with van der Waals surface area (Å²) in [5.74, 6) is -0.0691. The Morgan fingerprint density at radius 3 is 2.43 bits per heavy atom. The van der Waals surface area contributed by atoms with Crippen LogP contribution in [0.25, 0.3) is 0 Å². The van der Waals surface area contributed by atoms with E-state index in [9.17, 15) is 4.79 Å². The molecule has 1 N–H and O–H groups in total. The highest BCUT2D eigenvalue weighted by Crippen LogP contribution is 2.42. The Kier molecular flexibility index (Phi) is 7.08. The van der Waals surface area contributed by atoms with E-state index in [0.29, 0.717) is 0 Å². The quantitative estimate of drug-likeness (QED) is 0.773. The molecular weight excluding hydrogens is 288 g/mol. The molecule has 1 aromatic rings. The summed E-state index contributed by atoms with van der Waals surface area (Å²) < 4.78 is 6.06. The Morgan fingerprint density at radius 2 is 1.87 bits per heavy atom. The molecule has 23 heavy (non-hydrogen) atoms. The zero-order valence-electron chi connectivity index (χ0n) is 14.8. The van der Waals surface area contributed by atoms with E-state index < -0.39 is 5.97 Å². The van der Waals surface area contributed by atoms with Gasteiger partial charge in [-0.2, -0.15) is 0 Å². The molecule has 3 nitrogen and oxygen atoms in total. The second-order valence-electron chi connectivity index (χ2n) is 6.11. The first-order chi connectivity index (χ1) is 10.9. The summed E-state index contributed by atoms with van der Waals surface area (Å²) in [4.78, 5) is 10.8. The molecule has 3 heteroatoms. The zero-order valence-corrected chi connectivity index (χ0v) is 14.8. The third-order valence-corrected chi connectivity index (χ3v) is 4.08. The van der Waals surface area contributed by atoms with Gasteiger partial charge in [0.1, 0.15) is 11.9 Å². The number of ether oxygens (including phenoxy) is 1. The molecule has 2 rings (SSSR count). The van der Waals surface area contributed by atoms with Crippen LogP contribution in [0.3, 0.4) is 0 Å². The average molecular weight is 316 g/mol. The van der Waals surface area contributed by atoms with Crippen LogP contribution in [0.2, 0.25) is 0 Å². The van der Waals surface area contributed by atoms with Gasteiger partial charge in [0.2, 0.25) is 0 Å². The number of allylic oxidation sites excluding steroid dienone is 2. The summed E-state index contributed by atoms with van der Waals surface area (Å²) in [6.45, 7) is 10.3. The molecule has 1 aromatic carbocycles. The van der Waals surface area contributed by atoms with Crippen LogP contribution in [0.4, 0.5) is 0 Å². The number of carbonyl (C=O) groups is 1. The van der Waals surface area contributed by atoms with Crippen LogP contribution in [0.1, 0.15) is 47.5 Å². The van der Waals surface area contributed by atoms with E-state index in [1.165, 1.54) is 6.08 Å². The molecule has 0 aliphatic heterocycles. The van der Waals surface area contributed by atoms with Crippen molar-refractivity contribution in [1.82, 2.24) is 0 Å². The highest BCUT2D eigenvalue weighted by Gasteiger charge is 2.32.